The molecule has 0 heterocycles. The minimum absolute atomic E-state index is 0.0202. The lowest BCUT2D eigenvalue weighted by atomic mass is 10.2. The molecule has 0 fully saturated rings. The molecule has 0 saturated carbocycles. The molecule has 0 atom stereocenters. The number of benzene rings is 1. The normalized spacial score (nSPS) is 12.3. The summed E-state index contributed by atoms with van der Waals surface area (Å²) < 4.78 is 67.7. The van der Waals surface area contributed by atoms with Crippen molar-refractivity contribution in [3.63, 3.8) is 0 Å². The minimum atomic E-state index is -4.58. The highest BCUT2D eigenvalue weighted by atomic mass is 32.2. The van der Waals surface area contributed by atoms with Crippen molar-refractivity contribution < 1.29 is 31.1 Å². The van der Waals surface area contributed by atoms with Gasteiger partial charge >= 0.3 is 6.18 Å². The highest BCUT2D eigenvalue weighted by Crippen LogP contribution is 2.25. The van der Waals surface area contributed by atoms with Gasteiger partial charge in [0, 0.05) is 13.1 Å². The van der Waals surface area contributed by atoms with E-state index in [9.17, 15) is 26.4 Å². The first-order chi connectivity index (χ1) is 11.1. The summed E-state index contributed by atoms with van der Waals surface area (Å²) in [6.45, 7) is 2.23. The fourth-order valence-corrected chi connectivity index (χ4v) is 3.50. The van der Waals surface area contributed by atoms with Crippen LogP contribution in [-0.2, 0) is 10.0 Å². The monoisotopic (exact) mass is 368 g/mol. The lowest BCUT2D eigenvalue weighted by Gasteiger charge is -2.19. The summed E-state index contributed by atoms with van der Waals surface area (Å²) in [6, 6.07) is 3.49. The van der Waals surface area contributed by atoms with Crippen LogP contribution >= 0.6 is 0 Å². The molecule has 1 amide bonds. The SMILES string of the molecule is CCN(CC)S(=O)(=O)c1ccc(OC)c(C(=O)NCC(F)(F)F)c1. The van der Waals surface area contributed by atoms with E-state index in [0.717, 1.165) is 6.07 Å². The van der Waals surface area contributed by atoms with Crippen LogP contribution in [0.15, 0.2) is 23.1 Å². The van der Waals surface area contributed by atoms with E-state index >= 15 is 0 Å². The maximum absolute atomic E-state index is 12.5. The molecule has 0 aliphatic heterocycles. The predicted molar refractivity (Wildman–Crippen MR) is 81.5 cm³/mol. The number of alkyl halides is 3. The molecule has 0 aliphatic rings. The van der Waals surface area contributed by atoms with E-state index in [2.05, 4.69) is 0 Å². The predicted octanol–water partition coefficient (Wildman–Crippen LogP) is 2.02. The second-order valence-corrected chi connectivity index (χ2v) is 6.69. The Labute approximate surface area is 138 Å². The molecule has 0 spiro atoms. The third-order valence-corrected chi connectivity index (χ3v) is 5.25. The van der Waals surface area contributed by atoms with Gasteiger partial charge in [-0.1, -0.05) is 13.8 Å². The molecule has 0 radical (unpaired) electrons. The van der Waals surface area contributed by atoms with E-state index in [0.29, 0.717) is 0 Å². The Hall–Kier alpha value is -1.81. The standard InChI is InChI=1S/C14H19F3N2O4S/c1-4-19(5-2)24(21,22)10-6-7-12(23-3)11(8-10)13(20)18-9-14(15,16)17/h6-8H,4-5,9H2,1-3H3,(H,18,20). The third-order valence-electron chi connectivity index (χ3n) is 3.21. The Bertz CT molecular complexity index is 686. The Morgan fingerprint density at radius 3 is 2.29 bits per heavy atom. The van der Waals surface area contributed by atoms with E-state index in [-0.39, 0.29) is 29.3 Å². The van der Waals surface area contributed by atoms with Gasteiger partial charge in [0.25, 0.3) is 5.91 Å². The van der Waals surface area contributed by atoms with E-state index in [1.807, 2.05) is 0 Å². The Balaban J connectivity index is 3.24. The van der Waals surface area contributed by atoms with Crippen molar-refractivity contribution in [1.82, 2.24) is 9.62 Å². The number of carbonyl (C=O) groups excluding carboxylic acids is 1. The van der Waals surface area contributed by atoms with E-state index in [4.69, 9.17) is 4.74 Å². The van der Waals surface area contributed by atoms with Crippen LogP contribution in [0.2, 0.25) is 0 Å². The summed E-state index contributed by atoms with van der Waals surface area (Å²) in [6.07, 6.45) is -4.58. The van der Waals surface area contributed by atoms with Crippen molar-refractivity contribution in [2.24, 2.45) is 0 Å². The van der Waals surface area contributed by atoms with Crippen LogP contribution in [0.1, 0.15) is 24.2 Å². The molecular weight excluding hydrogens is 349 g/mol. The summed E-state index contributed by atoms with van der Waals surface area (Å²) in [7, 11) is -2.62. The molecule has 0 aromatic heterocycles. The van der Waals surface area contributed by atoms with Crippen LogP contribution in [0.25, 0.3) is 0 Å². The number of halogens is 3. The van der Waals surface area contributed by atoms with Gasteiger partial charge in [-0.3, -0.25) is 4.79 Å². The van der Waals surface area contributed by atoms with E-state index in [1.165, 1.54) is 23.5 Å². The van der Waals surface area contributed by atoms with Crippen LogP contribution in [0.3, 0.4) is 0 Å². The zero-order chi connectivity index (χ0) is 18.5. The smallest absolute Gasteiger partial charge is 0.405 e. The number of ether oxygens (including phenoxy) is 1. The van der Waals surface area contributed by atoms with Gasteiger partial charge in [0.2, 0.25) is 10.0 Å². The van der Waals surface area contributed by atoms with Gasteiger partial charge in [-0.25, -0.2) is 8.42 Å². The lowest BCUT2D eigenvalue weighted by molar-refractivity contribution is -0.123. The molecule has 0 aliphatic carbocycles. The second kappa shape index (κ2) is 7.84. The summed E-state index contributed by atoms with van der Waals surface area (Å²) >= 11 is 0. The molecule has 0 unspecified atom stereocenters. The molecule has 1 aromatic carbocycles. The molecular formula is C14H19F3N2O4S. The number of carbonyl (C=O) groups is 1. The van der Waals surface area contributed by atoms with Gasteiger partial charge in [0.15, 0.2) is 0 Å². The van der Waals surface area contributed by atoms with Gasteiger partial charge in [0.1, 0.15) is 12.3 Å². The molecule has 1 rings (SSSR count). The molecule has 1 N–H and O–H groups in total. The number of nitrogens with one attached hydrogen (secondary N) is 1. The zero-order valence-electron chi connectivity index (χ0n) is 13.5. The first-order valence-corrected chi connectivity index (χ1v) is 8.54. The maximum Gasteiger partial charge on any atom is 0.405 e. The zero-order valence-corrected chi connectivity index (χ0v) is 14.3. The molecule has 24 heavy (non-hydrogen) atoms. The van der Waals surface area contributed by atoms with E-state index < -0.39 is 28.7 Å². The van der Waals surface area contributed by atoms with Crippen LogP contribution in [0.5, 0.6) is 5.75 Å². The summed E-state index contributed by atoms with van der Waals surface area (Å²) in [5, 5.41) is 1.70. The fraction of sp³-hybridized carbons (Fsp3) is 0.500. The molecule has 10 heteroatoms. The quantitative estimate of drug-likeness (QED) is 0.799. The number of amides is 1. The average molecular weight is 368 g/mol. The van der Waals surface area contributed by atoms with Gasteiger partial charge in [0.05, 0.1) is 17.6 Å². The van der Waals surface area contributed by atoms with Gasteiger partial charge in [-0.05, 0) is 18.2 Å². The Morgan fingerprint density at radius 2 is 1.83 bits per heavy atom. The topological polar surface area (TPSA) is 75.7 Å². The molecule has 0 bridgehead atoms. The van der Waals surface area contributed by atoms with Crippen molar-refractivity contribution in [3.05, 3.63) is 23.8 Å². The summed E-state index contributed by atoms with van der Waals surface area (Å²) in [5.74, 6) is -1.09. The molecule has 1 aromatic rings. The Morgan fingerprint density at radius 1 is 1.25 bits per heavy atom. The Kier molecular flexibility index (Phi) is 6.61. The van der Waals surface area contributed by atoms with Crippen molar-refractivity contribution in [3.8, 4) is 5.75 Å². The van der Waals surface area contributed by atoms with Crippen molar-refractivity contribution in [1.29, 1.82) is 0 Å². The molecule has 6 nitrogen and oxygen atoms in total. The molecule has 0 saturated heterocycles. The summed E-state index contributed by atoms with van der Waals surface area (Å²) in [5.41, 5.74) is -0.282. The number of sulfonamides is 1. The molecule has 136 valence electrons. The highest BCUT2D eigenvalue weighted by Gasteiger charge is 2.29. The fourth-order valence-electron chi connectivity index (χ4n) is 2.01. The third kappa shape index (κ3) is 4.84. The largest absolute Gasteiger partial charge is 0.496 e. The van der Waals surface area contributed by atoms with Crippen molar-refractivity contribution in [2.75, 3.05) is 26.7 Å². The van der Waals surface area contributed by atoms with E-state index in [1.54, 1.807) is 19.2 Å². The summed E-state index contributed by atoms with van der Waals surface area (Å²) in [4.78, 5) is 11.8. The number of rotatable bonds is 7. The first-order valence-electron chi connectivity index (χ1n) is 7.10. The van der Waals surface area contributed by atoms with Gasteiger partial charge in [-0.15, -0.1) is 0 Å². The number of nitrogens with zero attached hydrogens (tertiary/aromatic N) is 1. The van der Waals surface area contributed by atoms with Crippen LogP contribution in [-0.4, -0.2) is 51.6 Å². The maximum atomic E-state index is 12.5. The van der Waals surface area contributed by atoms with Gasteiger partial charge in [-0.2, -0.15) is 17.5 Å². The second-order valence-electron chi connectivity index (χ2n) is 4.75. The van der Waals surface area contributed by atoms with Crippen molar-refractivity contribution in [2.45, 2.75) is 24.9 Å². The van der Waals surface area contributed by atoms with Crippen LogP contribution in [0, 0.1) is 0 Å². The lowest BCUT2D eigenvalue weighted by Crippen LogP contribution is -2.34. The number of methoxy groups -OCH3 is 1. The van der Waals surface area contributed by atoms with Crippen molar-refractivity contribution >= 4 is 15.9 Å². The van der Waals surface area contributed by atoms with Crippen LogP contribution in [0.4, 0.5) is 13.2 Å². The highest BCUT2D eigenvalue weighted by molar-refractivity contribution is 7.89. The van der Waals surface area contributed by atoms with Gasteiger partial charge < -0.3 is 10.1 Å². The minimum Gasteiger partial charge on any atom is -0.496 e. The van der Waals surface area contributed by atoms with Crippen LogP contribution < -0.4 is 10.1 Å². The average Bonchev–Trinajstić information content (AvgIpc) is 2.52. The number of hydrogen-bond donors (Lipinski definition) is 1. The first kappa shape index (κ1) is 20.2. The number of hydrogen-bond acceptors (Lipinski definition) is 4.